The highest BCUT2D eigenvalue weighted by Crippen LogP contribution is 2.24. The molecule has 2 rings (SSSR count). The van der Waals surface area contributed by atoms with Crippen LogP contribution in [-0.4, -0.2) is 13.4 Å². The maximum Gasteiger partial charge on any atom is 0.264 e. The molecule has 0 radical (unpaired) electrons. The fourth-order valence-electron chi connectivity index (χ4n) is 1.75. The van der Waals surface area contributed by atoms with Gasteiger partial charge >= 0.3 is 0 Å². The molecule has 0 amide bonds. The quantitative estimate of drug-likeness (QED) is 0.654. The van der Waals surface area contributed by atoms with E-state index >= 15 is 0 Å². The predicted molar refractivity (Wildman–Crippen MR) is 83.1 cm³/mol. The van der Waals surface area contributed by atoms with E-state index in [0.29, 0.717) is 16.0 Å². The Kier molecular flexibility index (Phi) is 4.01. The van der Waals surface area contributed by atoms with Gasteiger partial charge in [-0.1, -0.05) is 6.07 Å². The van der Waals surface area contributed by atoms with Crippen LogP contribution in [0.25, 0.3) is 0 Å². The first-order valence-electron chi connectivity index (χ1n) is 5.82. The second-order valence-electron chi connectivity index (χ2n) is 4.41. The van der Waals surface area contributed by atoms with Gasteiger partial charge in [-0.25, -0.2) is 13.4 Å². The lowest BCUT2D eigenvalue weighted by Crippen LogP contribution is -2.16. The van der Waals surface area contributed by atoms with Crippen LogP contribution in [0.2, 0.25) is 0 Å². The Hall–Kier alpha value is -1.60. The molecule has 0 spiro atoms. The zero-order valence-corrected chi connectivity index (χ0v) is 13.4. The molecule has 5 nitrogen and oxygen atoms in total. The lowest BCUT2D eigenvalue weighted by molar-refractivity contribution is 0.601. The number of nitrogens with one attached hydrogen (secondary N) is 1. The summed E-state index contributed by atoms with van der Waals surface area (Å²) in [6, 6.07) is 8.14. The molecule has 0 aliphatic carbocycles. The molecule has 0 saturated heterocycles. The molecule has 0 atom stereocenters. The van der Waals surface area contributed by atoms with E-state index in [9.17, 15) is 8.42 Å². The molecule has 0 saturated carbocycles. The second-order valence-corrected chi connectivity index (χ2v) is 6.88. The van der Waals surface area contributed by atoms with Crippen LogP contribution in [0.5, 0.6) is 0 Å². The van der Waals surface area contributed by atoms with Crippen LogP contribution in [0, 0.1) is 13.8 Å². The number of hydrogen-bond donors (Lipinski definition) is 2. The van der Waals surface area contributed by atoms with Gasteiger partial charge in [-0.05, 0) is 59.6 Å². The normalized spacial score (nSPS) is 11.3. The van der Waals surface area contributed by atoms with Gasteiger partial charge in [-0.15, -0.1) is 0 Å². The first kappa shape index (κ1) is 14.8. The van der Waals surface area contributed by atoms with Crippen molar-refractivity contribution >= 4 is 37.3 Å². The molecule has 0 fully saturated rings. The average Bonchev–Trinajstić information content (AvgIpc) is 2.32. The molecule has 3 N–H and O–H groups in total. The van der Waals surface area contributed by atoms with Gasteiger partial charge in [0.15, 0.2) is 0 Å². The summed E-state index contributed by atoms with van der Waals surface area (Å²) in [4.78, 5) is 4.21. The van der Waals surface area contributed by atoms with E-state index in [1.165, 1.54) is 6.07 Å². The molecule has 0 aliphatic rings. The van der Waals surface area contributed by atoms with Crippen LogP contribution in [0.4, 0.5) is 11.4 Å². The van der Waals surface area contributed by atoms with E-state index < -0.39 is 10.0 Å². The molecule has 0 bridgehead atoms. The Morgan fingerprint density at radius 3 is 2.50 bits per heavy atom. The number of hydrogen-bond acceptors (Lipinski definition) is 4. The molecular weight excluding hydrogens is 342 g/mol. The lowest BCUT2D eigenvalue weighted by atomic mass is 10.2. The fourth-order valence-corrected chi connectivity index (χ4v) is 3.38. The van der Waals surface area contributed by atoms with Crippen molar-refractivity contribution in [1.82, 2.24) is 4.98 Å². The Labute approximate surface area is 126 Å². The first-order valence-corrected chi connectivity index (χ1v) is 8.09. The van der Waals surface area contributed by atoms with Gasteiger partial charge in [-0.2, -0.15) is 0 Å². The summed E-state index contributed by atoms with van der Waals surface area (Å²) in [6.07, 6.45) is 0. The maximum absolute atomic E-state index is 12.3. The van der Waals surface area contributed by atoms with E-state index in [2.05, 4.69) is 25.6 Å². The van der Waals surface area contributed by atoms with Crippen LogP contribution < -0.4 is 10.5 Å². The standard InChI is InChI=1S/C13H14BrN3O2S/c1-8-3-5-12(10(15)7-8)20(18,19)17-11-4-6-13(14)16-9(11)2/h3-7,17H,15H2,1-2H3. The number of nitrogens with zero attached hydrogens (tertiary/aromatic N) is 1. The van der Waals surface area contributed by atoms with Crippen LogP contribution >= 0.6 is 15.9 Å². The van der Waals surface area contributed by atoms with Gasteiger partial charge in [0, 0.05) is 0 Å². The van der Waals surface area contributed by atoms with Gasteiger partial charge in [-0.3, -0.25) is 4.72 Å². The van der Waals surface area contributed by atoms with Crippen LogP contribution in [0.15, 0.2) is 39.8 Å². The number of pyridine rings is 1. The summed E-state index contributed by atoms with van der Waals surface area (Å²) < 4.78 is 27.8. The number of aromatic nitrogens is 1. The van der Waals surface area contributed by atoms with Crippen LogP contribution in [-0.2, 0) is 10.0 Å². The minimum absolute atomic E-state index is 0.0606. The number of aryl methyl sites for hydroxylation is 2. The molecule has 0 unspecified atom stereocenters. The monoisotopic (exact) mass is 355 g/mol. The third-order valence-corrected chi connectivity index (χ3v) is 4.63. The summed E-state index contributed by atoms with van der Waals surface area (Å²) in [5.41, 5.74) is 7.91. The summed E-state index contributed by atoms with van der Waals surface area (Å²) in [7, 11) is -3.73. The molecule has 2 aromatic rings. The topological polar surface area (TPSA) is 85.1 Å². The molecule has 1 aromatic carbocycles. The highest BCUT2D eigenvalue weighted by Gasteiger charge is 2.18. The minimum Gasteiger partial charge on any atom is -0.398 e. The van der Waals surface area contributed by atoms with Crippen molar-refractivity contribution in [3.8, 4) is 0 Å². The molecule has 1 aromatic heterocycles. The van der Waals surface area contributed by atoms with Crippen molar-refractivity contribution in [1.29, 1.82) is 0 Å². The van der Waals surface area contributed by atoms with Crippen molar-refractivity contribution in [2.75, 3.05) is 10.5 Å². The minimum atomic E-state index is -3.73. The highest BCUT2D eigenvalue weighted by atomic mass is 79.9. The zero-order valence-electron chi connectivity index (χ0n) is 11.0. The number of halogens is 1. The largest absolute Gasteiger partial charge is 0.398 e. The summed E-state index contributed by atoms with van der Waals surface area (Å²) in [5.74, 6) is 0. The number of rotatable bonds is 3. The maximum atomic E-state index is 12.3. The molecule has 7 heteroatoms. The molecule has 1 heterocycles. The second kappa shape index (κ2) is 5.41. The van der Waals surface area contributed by atoms with Gasteiger partial charge in [0.2, 0.25) is 0 Å². The van der Waals surface area contributed by atoms with E-state index in [1.807, 2.05) is 6.92 Å². The average molecular weight is 356 g/mol. The Morgan fingerprint density at radius 2 is 1.90 bits per heavy atom. The van der Waals surface area contributed by atoms with Crippen LogP contribution in [0.1, 0.15) is 11.3 Å². The number of sulfonamides is 1. The van der Waals surface area contributed by atoms with E-state index in [4.69, 9.17) is 5.73 Å². The number of anilines is 2. The number of nitrogens with two attached hydrogens (primary N) is 1. The SMILES string of the molecule is Cc1ccc(S(=O)(=O)Nc2ccc(Br)nc2C)c(N)c1. The number of benzene rings is 1. The van der Waals surface area contributed by atoms with Crippen molar-refractivity contribution in [3.63, 3.8) is 0 Å². The van der Waals surface area contributed by atoms with E-state index in [-0.39, 0.29) is 10.6 Å². The smallest absolute Gasteiger partial charge is 0.264 e. The summed E-state index contributed by atoms with van der Waals surface area (Å²) in [6.45, 7) is 3.57. The third-order valence-electron chi connectivity index (χ3n) is 2.75. The molecular formula is C13H14BrN3O2S. The third kappa shape index (κ3) is 3.10. The van der Waals surface area contributed by atoms with E-state index in [0.717, 1.165) is 5.56 Å². The van der Waals surface area contributed by atoms with Gasteiger partial charge in [0.25, 0.3) is 10.0 Å². The van der Waals surface area contributed by atoms with Crippen molar-refractivity contribution in [2.45, 2.75) is 18.7 Å². The summed E-state index contributed by atoms with van der Waals surface area (Å²) >= 11 is 3.23. The van der Waals surface area contributed by atoms with Crippen molar-refractivity contribution < 1.29 is 8.42 Å². The van der Waals surface area contributed by atoms with Crippen molar-refractivity contribution in [3.05, 3.63) is 46.2 Å². The Balaban J connectivity index is 2.41. The molecule has 20 heavy (non-hydrogen) atoms. The van der Waals surface area contributed by atoms with Gasteiger partial charge < -0.3 is 5.73 Å². The molecule has 0 aliphatic heterocycles. The highest BCUT2D eigenvalue weighted by molar-refractivity contribution is 9.10. The predicted octanol–water partition coefficient (Wildman–Crippen LogP) is 2.84. The Morgan fingerprint density at radius 1 is 1.20 bits per heavy atom. The fraction of sp³-hybridized carbons (Fsp3) is 0.154. The first-order chi connectivity index (χ1) is 9.29. The molecule has 106 valence electrons. The van der Waals surface area contributed by atoms with Gasteiger partial charge in [0.1, 0.15) is 9.50 Å². The summed E-state index contributed by atoms with van der Waals surface area (Å²) in [5, 5.41) is 0. The van der Waals surface area contributed by atoms with Crippen LogP contribution in [0.3, 0.4) is 0 Å². The zero-order chi connectivity index (χ0) is 14.9. The Bertz CT molecular complexity index is 760. The van der Waals surface area contributed by atoms with Gasteiger partial charge in [0.05, 0.1) is 17.1 Å². The number of nitrogen functional groups attached to an aromatic ring is 1. The van der Waals surface area contributed by atoms with Crippen molar-refractivity contribution in [2.24, 2.45) is 0 Å². The van der Waals surface area contributed by atoms with E-state index in [1.54, 1.807) is 31.2 Å². The lowest BCUT2D eigenvalue weighted by Gasteiger charge is -2.12.